The molecule has 0 fully saturated rings. The zero-order chi connectivity index (χ0) is 10.8. The summed E-state index contributed by atoms with van der Waals surface area (Å²) in [6, 6.07) is 0. The van der Waals surface area contributed by atoms with Crippen LogP contribution in [0, 0.1) is 11.3 Å². The highest BCUT2D eigenvalue weighted by molar-refractivity contribution is 9.09. The van der Waals surface area contributed by atoms with Crippen LogP contribution in [-0.4, -0.2) is 25.5 Å². The highest BCUT2D eigenvalue weighted by atomic mass is 79.9. The van der Waals surface area contributed by atoms with Gasteiger partial charge in [-0.2, -0.15) is 4.80 Å². The second kappa shape index (κ2) is 4.38. The summed E-state index contributed by atoms with van der Waals surface area (Å²) in [6.07, 6.45) is 0.865. The van der Waals surface area contributed by atoms with E-state index in [1.54, 1.807) is 7.05 Å². The number of hydrogen-bond donors (Lipinski definition) is 0. The van der Waals surface area contributed by atoms with Crippen LogP contribution < -0.4 is 0 Å². The maximum Gasteiger partial charge on any atom is 0.175 e. The van der Waals surface area contributed by atoms with E-state index in [0.717, 1.165) is 17.6 Å². The SMILES string of the molecule is CC(C)C(C)(CBr)Cc1nnn(C)n1. The Hall–Kier alpha value is -0.450. The van der Waals surface area contributed by atoms with E-state index in [9.17, 15) is 0 Å². The van der Waals surface area contributed by atoms with E-state index in [-0.39, 0.29) is 5.41 Å². The van der Waals surface area contributed by atoms with Gasteiger partial charge in [0.1, 0.15) is 0 Å². The van der Waals surface area contributed by atoms with E-state index in [1.165, 1.54) is 4.80 Å². The predicted octanol–water partition coefficient (Wildman–Crippen LogP) is 1.81. The molecule has 1 unspecified atom stereocenters. The van der Waals surface area contributed by atoms with Gasteiger partial charge in [-0.25, -0.2) is 0 Å². The third kappa shape index (κ3) is 2.53. The number of aromatic nitrogens is 4. The second-order valence-electron chi connectivity index (χ2n) is 4.31. The van der Waals surface area contributed by atoms with Crippen LogP contribution in [0.15, 0.2) is 0 Å². The molecule has 1 atom stereocenters. The Morgan fingerprint density at radius 3 is 2.50 bits per heavy atom. The van der Waals surface area contributed by atoms with Crippen molar-refractivity contribution in [2.45, 2.75) is 27.2 Å². The Kier molecular flexibility index (Phi) is 3.64. The van der Waals surface area contributed by atoms with Crippen molar-refractivity contribution in [2.24, 2.45) is 18.4 Å². The first-order valence-electron chi connectivity index (χ1n) is 4.77. The molecule has 80 valence electrons. The smallest absolute Gasteiger partial charge is 0.167 e. The number of alkyl halides is 1. The average Bonchev–Trinajstić information content (AvgIpc) is 2.50. The van der Waals surface area contributed by atoms with Crippen molar-refractivity contribution in [3.05, 3.63) is 5.82 Å². The number of aryl methyl sites for hydroxylation is 1. The molecule has 14 heavy (non-hydrogen) atoms. The summed E-state index contributed by atoms with van der Waals surface area (Å²) in [5, 5.41) is 13.0. The van der Waals surface area contributed by atoms with E-state index < -0.39 is 0 Å². The van der Waals surface area contributed by atoms with Gasteiger partial charge < -0.3 is 0 Å². The van der Waals surface area contributed by atoms with Crippen molar-refractivity contribution >= 4 is 15.9 Å². The molecule has 0 N–H and O–H groups in total. The van der Waals surface area contributed by atoms with E-state index in [0.29, 0.717) is 5.92 Å². The summed E-state index contributed by atoms with van der Waals surface area (Å²) in [4.78, 5) is 1.50. The summed E-state index contributed by atoms with van der Waals surface area (Å²) in [5.41, 5.74) is 0.197. The van der Waals surface area contributed by atoms with Crippen LogP contribution in [0.5, 0.6) is 0 Å². The highest BCUT2D eigenvalue weighted by Gasteiger charge is 2.29. The molecule has 1 heterocycles. The maximum atomic E-state index is 4.20. The fourth-order valence-corrected chi connectivity index (χ4v) is 2.01. The molecule has 0 aliphatic rings. The van der Waals surface area contributed by atoms with Crippen LogP contribution in [0.1, 0.15) is 26.6 Å². The Morgan fingerprint density at radius 1 is 1.50 bits per heavy atom. The van der Waals surface area contributed by atoms with Crippen LogP contribution in [0.25, 0.3) is 0 Å². The van der Waals surface area contributed by atoms with E-state index >= 15 is 0 Å². The summed E-state index contributed by atoms with van der Waals surface area (Å²) in [6.45, 7) is 6.68. The minimum Gasteiger partial charge on any atom is -0.167 e. The van der Waals surface area contributed by atoms with Gasteiger partial charge in [-0.15, -0.1) is 10.2 Å². The second-order valence-corrected chi connectivity index (χ2v) is 4.87. The quantitative estimate of drug-likeness (QED) is 0.776. The van der Waals surface area contributed by atoms with Gasteiger partial charge in [0.2, 0.25) is 0 Å². The number of tetrazole rings is 1. The molecule has 0 aromatic carbocycles. The molecule has 4 nitrogen and oxygen atoms in total. The summed E-state index contributed by atoms with van der Waals surface area (Å²) < 4.78 is 0. The Bertz CT molecular complexity index is 297. The van der Waals surface area contributed by atoms with Crippen LogP contribution in [-0.2, 0) is 13.5 Å². The van der Waals surface area contributed by atoms with Gasteiger partial charge in [-0.1, -0.05) is 36.7 Å². The molecule has 5 heteroatoms. The Balaban J connectivity index is 2.75. The third-order valence-corrected chi connectivity index (χ3v) is 4.09. The van der Waals surface area contributed by atoms with Crippen molar-refractivity contribution in [3.8, 4) is 0 Å². The lowest BCUT2D eigenvalue weighted by molar-refractivity contribution is 0.252. The van der Waals surface area contributed by atoms with Crippen LogP contribution >= 0.6 is 15.9 Å². The fourth-order valence-electron chi connectivity index (χ4n) is 1.16. The normalized spacial score (nSPS) is 15.9. The molecule has 1 aromatic rings. The standard InChI is InChI=1S/C9H17BrN4/c1-7(2)9(3,6-10)5-8-11-13-14(4)12-8/h7H,5-6H2,1-4H3. The van der Waals surface area contributed by atoms with Crippen molar-refractivity contribution in [1.29, 1.82) is 0 Å². The number of hydrogen-bond acceptors (Lipinski definition) is 3. The van der Waals surface area contributed by atoms with E-state index in [1.807, 2.05) is 0 Å². The van der Waals surface area contributed by atoms with Crippen molar-refractivity contribution in [2.75, 3.05) is 5.33 Å². The van der Waals surface area contributed by atoms with Gasteiger partial charge in [-0.3, -0.25) is 0 Å². The lowest BCUT2D eigenvalue weighted by Crippen LogP contribution is -2.28. The average molecular weight is 261 g/mol. The molecular formula is C9H17BrN4. The van der Waals surface area contributed by atoms with Gasteiger partial charge in [0.25, 0.3) is 0 Å². The molecule has 0 bridgehead atoms. The lowest BCUT2D eigenvalue weighted by atomic mass is 9.78. The molecule has 0 spiro atoms. The zero-order valence-electron chi connectivity index (χ0n) is 9.16. The number of nitrogens with zero attached hydrogens (tertiary/aromatic N) is 4. The molecular weight excluding hydrogens is 244 g/mol. The van der Waals surface area contributed by atoms with Crippen LogP contribution in [0.4, 0.5) is 0 Å². The topological polar surface area (TPSA) is 43.6 Å². The lowest BCUT2D eigenvalue weighted by Gasteiger charge is -2.30. The number of halogens is 1. The molecule has 0 amide bonds. The van der Waals surface area contributed by atoms with E-state index in [2.05, 4.69) is 52.1 Å². The number of rotatable bonds is 4. The first-order valence-corrected chi connectivity index (χ1v) is 5.89. The molecule has 0 saturated heterocycles. The van der Waals surface area contributed by atoms with E-state index in [4.69, 9.17) is 0 Å². The minimum absolute atomic E-state index is 0.197. The maximum absolute atomic E-state index is 4.20. The van der Waals surface area contributed by atoms with Crippen molar-refractivity contribution in [3.63, 3.8) is 0 Å². The highest BCUT2D eigenvalue weighted by Crippen LogP contribution is 2.32. The Labute approximate surface area is 93.2 Å². The zero-order valence-corrected chi connectivity index (χ0v) is 10.7. The molecule has 1 aromatic heterocycles. The third-order valence-electron chi connectivity index (χ3n) is 2.81. The summed E-state index contributed by atoms with van der Waals surface area (Å²) in [5.74, 6) is 1.41. The monoisotopic (exact) mass is 260 g/mol. The first kappa shape index (κ1) is 11.6. The molecule has 0 aliphatic carbocycles. The van der Waals surface area contributed by atoms with Crippen molar-refractivity contribution in [1.82, 2.24) is 20.2 Å². The van der Waals surface area contributed by atoms with Gasteiger partial charge in [0.05, 0.1) is 7.05 Å². The molecule has 1 rings (SSSR count). The minimum atomic E-state index is 0.197. The van der Waals surface area contributed by atoms with Gasteiger partial charge in [0, 0.05) is 11.8 Å². The molecule has 0 saturated carbocycles. The molecule has 0 radical (unpaired) electrons. The summed E-state index contributed by atoms with van der Waals surface area (Å²) in [7, 11) is 1.79. The van der Waals surface area contributed by atoms with Crippen LogP contribution in [0.2, 0.25) is 0 Å². The van der Waals surface area contributed by atoms with Crippen molar-refractivity contribution < 1.29 is 0 Å². The predicted molar refractivity (Wildman–Crippen MR) is 59.2 cm³/mol. The Morgan fingerprint density at radius 2 is 2.14 bits per heavy atom. The van der Waals surface area contributed by atoms with Gasteiger partial charge in [-0.05, 0) is 16.5 Å². The fraction of sp³-hybridized carbons (Fsp3) is 0.889. The summed E-state index contributed by atoms with van der Waals surface area (Å²) >= 11 is 3.55. The molecule has 0 aliphatic heterocycles. The van der Waals surface area contributed by atoms with Crippen LogP contribution in [0.3, 0.4) is 0 Å². The first-order chi connectivity index (χ1) is 6.48. The largest absolute Gasteiger partial charge is 0.175 e. The van der Waals surface area contributed by atoms with Gasteiger partial charge in [0.15, 0.2) is 5.82 Å². The van der Waals surface area contributed by atoms with Gasteiger partial charge >= 0.3 is 0 Å².